The molecule has 0 saturated carbocycles. The molecule has 2 aromatic heterocycles. The number of halogens is 5. The number of benzene rings is 2. The van der Waals surface area contributed by atoms with E-state index >= 15 is 0 Å². The number of thiophene rings is 1. The number of nitrogens with zero attached hydrogens (tertiary/aromatic N) is 2. The van der Waals surface area contributed by atoms with Crippen molar-refractivity contribution >= 4 is 33.2 Å². The van der Waals surface area contributed by atoms with Gasteiger partial charge in [0.1, 0.15) is 11.2 Å². The summed E-state index contributed by atoms with van der Waals surface area (Å²) in [5, 5.41) is 0.942. The van der Waals surface area contributed by atoms with E-state index in [1.54, 1.807) is 18.2 Å². The topological polar surface area (TPSA) is 44.2 Å². The third kappa shape index (κ3) is 4.89. The highest BCUT2D eigenvalue weighted by molar-refractivity contribution is 7.19. The Balaban J connectivity index is 1.96. The first-order chi connectivity index (χ1) is 15.4. The van der Waals surface area contributed by atoms with Crippen LogP contribution in [0.4, 0.5) is 17.6 Å². The van der Waals surface area contributed by atoms with Crippen molar-refractivity contribution in [1.82, 2.24) is 9.97 Å². The van der Waals surface area contributed by atoms with Crippen LogP contribution >= 0.6 is 22.9 Å². The lowest BCUT2D eigenvalue weighted by Crippen LogP contribution is -2.17. The summed E-state index contributed by atoms with van der Waals surface area (Å²) in [6, 6.07) is 10.2. The van der Waals surface area contributed by atoms with E-state index in [2.05, 4.69) is 14.7 Å². The first-order valence-electron chi connectivity index (χ1n) is 9.70. The van der Waals surface area contributed by atoms with Crippen molar-refractivity contribution < 1.29 is 27.0 Å². The Kier molecular flexibility index (Phi) is 5.96. The summed E-state index contributed by atoms with van der Waals surface area (Å²) in [7, 11) is 0. The van der Waals surface area contributed by atoms with Crippen LogP contribution in [0.2, 0.25) is 5.02 Å². The van der Waals surface area contributed by atoms with Crippen LogP contribution in [-0.2, 0) is 5.41 Å². The molecule has 0 saturated heterocycles. The van der Waals surface area contributed by atoms with Crippen LogP contribution in [-0.4, -0.2) is 16.3 Å². The van der Waals surface area contributed by atoms with Gasteiger partial charge in [-0.15, -0.1) is 24.5 Å². The van der Waals surface area contributed by atoms with Crippen LogP contribution in [0.1, 0.15) is 25.6 Å². The normalized spacial score (nSPS) is 12.2. The number of para-hydroxylation sites is 1. The van der Waals surface area contributed by atoms with Gasteiger partial charge in [0.05, 0.1) is 5.39 Å². The predicted octanol–water partition coefficient (Wildman–Crippen LogP) is 8.14. The Morgan fingerprint density at radius 3 is 2.39 bits per heavy atom. The van der Waals surface area contributed by atoms with E-state index in [9.17, 15) is 17.6 Å². The predicted molar refractivity (Wildman–Crippen MR) is 120 cm³/mol. The molecule has 0 radical (unpaired) electrons. The number of ether oxygens (including phenoxy) is 2. The summed E-state index contributed by atoms with van der Waals surface area (Å²) in [6.07, 6.45) is -3.81. The molecule has 33 heavy (non-hydrogen) atoms. The highest BCUT2D eigenvalue weighted by Crippen LogP contribution is 2.48. The molecule has 0 N–H and O–H groups in total. The minimum Gasteiger partial charge on any atom is -0.431 e. The Labute approximate surface area is 195 Å². The Hall–Kier alpha value is -2.91. The monoisotopic (exact) mass is 496 g/mol. The first-order valence-corrected chi connectivity index (χ1v) is 10.9. The zero-order chi connectivity index (χ0) is 24.0. The van der Waals surface area contributed by atoms with Crippen LogP contribution in [0.25, 0.3) is 21.3 Å². The van der Waals surface area contributed by atoms with Gasteiger partial charge < -0.3 is 9.47 Å². The molecule has 10 heteroatoms. The maximum Gasteiger partial charge on any atom is 0.573 e. The number of rotatable bonds is 4. The van der Waals surface area contributed by atoms with Crippen LogP contribution < -0.4 is 9.47 Å². The highest BCUT2D eigenvalue weighted by Gasteiger charge is 2.34. The van der Waals surface area contributed by atoms with Crippen molar-refractivity contribution in [2.24, 2.45) is 0 Å². The fourth-order valence-corrected chi connectivity index (χ4v) is 4.72. The van der Waals surface area contributed by atoms with Gasteiger partial charge in [-0.05, 0) is 35.2 Å². The van der Waals surface area contributed by atoms with Crippen molar-refractivity contribution in [3.8, 4) is 28.5 Å². The molecule has 0 fully saturated rings. The van der Waals surface area contributed by atoms with E-state index < -0.39 is 23.7 Å². The summed E-state index contributed by atoms with van der Waals surface area (Å²) >= 11 is 7.62. The van der Waals surface area contributed by atoms with E-state index in [0.717, 1.165) is 34.2 Å². The fourth-order valence-electron chi connectivity index (χ4n) is 3.32. The van der Waals surface area contributed by atoms with E-state index in [1.165, 1.54) is 17.7 Å². The Bertz CT molecular complexity index is 1330. The SMILES string of the molecule is CC(C)(C)c1sc2ncnc(Oc3c(F)cccc3OC(F)(F)F)c2c1-c1cccc(Cl)c1. The molecule has 0 unspecified atom stereocenters. The van der Waals surface area contributed by atoms with Gasteiger partial charge in [0.2, 0.25) is 11.6 Å². The van der Waals surface area contributed by atoms with Gasteiger partial charge in [-0.2, -0.15) is 0 Å². The summed E-state index contributed by atoms with van der Waals surface area (Å²) in [5.41, 5.74) is 1.15. The van der Waals surface area contributed by atoms with E-state index in [0.29, 0.717) is 15.2 Å². The lowest BCUT2D eigenvalue weighted by molar-refractivity contribution is -0.275. The smallest absolute Gasteiger partial charge is 0.431 e. The average Bonchev–Trinajstić information content (AvgIpc) is 3.10. The number of aromatic nitrogens is 2. The second-order valence-electron chi connectivity index (χ2n) is 8.14. The van der Waals surface area contributed by atoms with Crippen molar-refractivity contribution in [3.63, 3.8) is 0 Å². The molecule has 0 amide bonds. The van der Waals surface area contributed by atoms with E-state index in [-0.39, 0.29) is 11.3 Å². The lowest BCUT2D eigenvalue weighted by atomic mass is 9.88. The standard InChI is InChI=1S/C23H17ClF4N2O2S/c1-22(2,3)19-16(12-6-4-7-13(24)10-12)17-20(29-11-30-21(17)33-19)31-18-14(25)8-5-9-15(18)32-23(26,27)28/h4-11H,1-3H3. The third-order valence-electron chi connectivity index (χ3n) is 4.60. The molecule has 0 bridgehead atoms. The van der Waals surface area contributed by atoms with Gasteiger partial charge in [-0.3, -0.25) is 0 Å². The third-order valence-corrected chi connectivity index (χ3v) is 6.36. The van der Waals surface area contributed by atoms with Crippen molar-refractivity contribution in [3.05, 3.63) is 64.5 Å². The molecule has 0 atom stereocenters. The highest BCUT2D eigenvalue weighted by atomic mass is 35.5. The molecular formula is C23H17ClF4N2O2S. The molecule has 172 valence electrons. The van der Waals surface area contributed by atoms with Crippen molar-refractivity contribution in [2.45, 2.75) is 32.5 Å². The zero-order valence-corrected chi connectivity index (χ0v) is 19.2. The number of alkyl halides is 3. The summed E-state index contributed by atoms with van der Waals surface area (Å²) in [4.78, 5) is 9.91. The number of fused-ring (bicyclic) bond motifs is 1. The van der Waals surface area contributed by atoms with Crippen LogP contribution in [0.5, 0.6) is 17.4 Å². The van der Waals surface area contributed by atoms with Gasteiger partial charge >= 0.3 is 6.36 Å². The van der Waals surface area contributed by atoms with Crippen LogP contribution in [0.15, 0.2) is 48.8 Å². The lowest BCUT2D eigenvalue weighted by Gasteiger charge is -2.19. The van der Waals surface area contributed by atoms with Gasteiger partial charge in [0.25, 0.3) is 0 Å². The van der Waals surface area contributed by atoms with Crippen molar-refractivity contribution in [1.29, 1.82) is 0 Å². The molecule has 2 heterocycles. The molecule has 4 aromatic rings. The van der Waals surface area contributed by atoms with E-state index in [4.69, 9.17) is 16.3 Å². The molecule has 0 aliphatic heterocycles. The average molecular weight is 497 g/mol. The molecule has 0 aliphatic carbocycles. The fraction of sp³-hybridized carbons (Fsp3) is 0.217. The summed E-state index contributed by atoms with van der Waals surface area (Å²) in [6.45, 7) is 6.06. The second kappa shape index (κ2) is 8.46. The maximum absolute atomic E-state index is 14.6. The molecule has 4 nitrogen and oxygen atoms in total. The zero-order valence-electron chi connectivity index (χ0n) is 17.6. The molecular weight excluding hydrogens is 480 g/mol. The quantitative estimate of drug-likeness (QED) is 0.267. The molecule has 4 rings (SSSR count). The minimum atomic E-state index is -5.03. The van der Waals surface area contributed by atoms with Gasteiger partial charge in [0, 0.05) is 15.5 Å². The van der Waals surface area contributed by atoms with Crippen LogP contribution in [0.3, 0.4) is 0 Å². The Morgan fingerprint density at radius 1 is 1.00 bits per heavy atom. The molecule has 2 aromatic carbocycles. The van der Waals surface area contributed by atoms with Gasteiger partial charge in [-0.25, -0.2) is 14.4 Å². The second-order valence-corrected chi connectivity index (χ2v) is 9.58. The number of hydrogen-bond acceptors (Lipinski definition) is 5. The first kappa shape index (κ1) is 23.3. The van der Waals surface area contributed by atoms with Crippen molar-refractivity contribution in [2.75, 3.05) is 0 Å². The molecule has 0 spiro atoms. The number of hydrogen-bond donors (Lipinski definition) is 0. The van der Waals surface area contributed by atoms with Gasteiger partial charge in [0.15, 0.2) is 11.6 Å². The Morgan fingerprint density at radius 2 is 1.73 bits per heavy atom. The van der Waals surface area contributed by atoms with Gasteiger partial charge in [-0.1, -0.05) is 50.6 Å². The van der Waals surface area contributed by atoms with E-state index in [1.807, 2.05) is 26.8 Å². The summed E-state index contributed by atoms with van der Waals surface area (Å²) in [5.74, 6) is -2.67. The maximum atomic E-state index is 14.6. The molecule has 0 aliphatic rings. The summed E-state index contributed by atoms with van der Waals surface area (Å²) < 4.78 is 62.8. The minimum absolute atomic E-state index is 0.0983. The largest absolute Gasteiger partial charge is 0.573 e. The van der Waals surface area contributed by atoms with Crippen LogP contribution in [0, 0.1) is 5.82 Å².